The Labute approximate surface area is 130 Å². The molecular formula is C18H31N3. The van der Waals surface area contributed by atoms with Crippen molar-refractivity contribution < 1.29 is 0 Å². The van der Waals surface area contributed by atoms with Crippen molar-refractivity contribution in [3.05, 3.63) is 30.1 Å². The van der Waals surface area contributed by atoms with Gasteiger partial charge >= 0.3 is 0 Å². The number of piperazine rings is 1. The number of hydrogen-bond acceptors (Lipinski definition) is 3. The van der Waals surface area contributed by atoms with Gasteiger partial charge in [0, 0.05) is 32.4 Å². The fourth-order valence-corrected chi connectivity index (χ4v) is 3.70. The van der Waals surface area contributed by atoms with E-state index in [2.05, 4.69) is 50.0 Å². The minimum Gasteiger partial charge on any atom is -0.314 e. The first-order chi connectivity index (χ1) is 10.1. The molecule has 1 aliphatic rings. The summed E-state index contributed by atoms with van der Waals surface area (Å²) in [4.78, 5) is 7.37. The van der Waals surface area contributed by atoms with E-state index < -0.39 is 0 Å². The molecule has 0 saturated carbocycles. The lowest BCUT2D eigenvalue weighted by Gasteiger charge is -2.48. The molecule has 1 N–H and O–H groups in total. The molecule has 0 amide bonds. The molecule has 1 fully saturated rings. The monoisotopic (exact) mass is 289 g/mol. The normalized spacial score (nSPS) is 21.2. The minimum atomic E-state index is 0.264. The van der Waals surface area contributed by atoms with Gasteiger partial charge in [-0.15, -0.1) is 0 Å². The van der Waals surface area contributed by atoms with Gasteiger partial charge in [0.05, 0.1) is 11.7 Å². The van der Waals surface area contributed by atoms with E-state index in [4.69, 9.17) is 4.98 Å². The zero-order valence-electron chi connectivity index (χ0n) is 14.1. The van der Waals surface area contributed by atoms with Crippen molar-refractivity contribution in [3.8, 4) is 0 Å². The van der Waals surface area contributed by atoms with Crippen LogP contribution >= 0.6 is 0 Å². The smallest absolute Gasteiger partial charge is 0.0581 e. The largest absolute Gasteiger partial charge is 0.314 e. The van der Waals surface area contributed by atoms with Crippen LogP contribution in [0.25, 0.3) is 0 Å². The summed E-state index contributed by atoms with van der Waals surface area (Å²) in [6.07, 6.45) is 4.41. The third-order valence-electron chi connectivity index (χ3n) is 5.22. The molecule has 1 aromatic heterocycles. The number of aromatic nitrogens is 1. The first-order valence-electron chi connectivity index (χ1n) is 8.45. The van der Waals surface area contributed by atoms with Gasteiger partial charge in [0.2, 0.25) is 0 Å². The van der Waals surface area contributed by atoms with Crippen molar-refractivity contribution in [2.45, 2.75) is 46.6 Å². The van der Waals surface area contributed by atoms with Gasteiger partial charge in [-0.25, -0.2) is 0 Å². The van der Waals surface area contributed by atoms with Crippen molar-refractivity contribution in [1.29, 1.82) is 0 Å². The molecule has 0 bridgehead atoms. The van der Waals surface area contributed by atoms with Crippen molar-refractivity contribution in [2.75, 3.05) is 26.2 Å². The van der Waals surface area contributed by atoms with Gasteiger partial charge in [-0.05, 0) is 29.9 Å². The van der Waals surface area contributed by atoms with E-state index in [9.17, 15) is 0 Å². The van der Waals surface area contributed by atoms with Gasteiger partial charge in [0.25, 0.3) is 0 Å². The van der Waals surface area contributed by atoms with E-state index in [-0.39, 0.29) is 5.41 Å². The maximum Gasteiger partial charge on any atom is 0.0581 e. The van der Waals surface area contributed by atoms with Crippen LogP contribution < -0.4 is 5.32 Å². The van der Waals surface area contributed by atoms with Crippen LogP contribution in [0.15, 0.2) is 24.4 Å². The molecular weight excluding hydrogens is 258 g/mol. The number of pyridine rings is 1. The molecule has 2 unspecified atom stereocenters. The first-order valence-corrected chi connectivity index (χ1v) is 8.45. The molecule has 21 heavy (non-hydrogen) atoms. The number of nitrogens with zero attached hydrogens (tertiary/aromatic N) is 2. The second kappa shape index (κ2) is 7.37. The maximum absolute atomic E-state index is 4.72. The first kappa shape index (κ1) is 16.4. The van der Waals surface area contributed by atoms with Crippen LogP contribution in [0.4, 0.5) is 0 Å². The second-order valence-corrected chi connectivity index (χ2v) is 6.85. The Morgan fingerprint density at radius 2 is 2.00 bits per heavy atom. The summed E-state index contributed by atoms with van der Waals surface area (Å²) in [7, 11) is 0. The molecule has 1 saturated heterocycles. The molecule has 0 aliphatic carbocycles. The highest BCUT2D eigenvalue weighted by Gasteiger charge is 2.41. The molecule has 0 aromatic carbocycles. The molecule has 2 rings (SSSR count). The van der Waals surface area contributed by atoms with Crippen LogP contribution in [-0.2, 0) is 0 Å². The Morgan fingerprint density at radius 3 is 2.52 bits per heavy atom. The van der Waals surface area contributed by atoms with E-state index >= 15 is 0 Å². The molecule has 2 atom stereocenters. The van der Waals surface area contributed by atoms with Crippen molar-refractivity contribution >= 4 is 0 Å². The van der Waals surface area contributed by atoms with Gasteiger partial charge in [0.15, 0.2) is 0 Å². The van der Waals surface area contributed by atoms with Crippen molar-refractivity contribution in [2.24, 2.45) is 11.3 Å². The molecule has 0 radical (unpaired) electrons. The summed E-state index contributed by atoms with van der Waals surface area (Å²) in [5, 5.41) is 3.47. The zero-order chi connectivity index (χ0) is 15.3. The maximum atomic E-state index is 4.72. The van der Waals surface area contributed by atoms with Crippen LogP contribution in [-0.4, -0.2) is 36.1 Å². The predicted molar refractivity (Wildman–Crippen MR) is 89.3 cm³/mol. The third kappa shape index (κ3) is 3.64. The van der Waals surface area contributed by atoms with Crippen LogP contribution in [0, 0.1) is 11.3 Å². The van der Waals surface area contributed by atoms with E-state index in [0.717, 1.165) is 26.2 Å². The van der Waals surface area contributed by atoms with E-state index in [1.165, 1.54) is 18.5 Å². The summed E-state index contributed by atoms with van der Waals surface area (Å²) in [5.41, 5.74) is 1.50. The average Bonchev–Trinajstić information content (AvgIpc) is 2.50. The quantitative estimate of drug-likeness (QED) is 0.869. The molecule has 3 nitrogen and oxygen atoms in total. The summed E-state index contributed by atoms with van der Waals surface area (Å²) in [6, 6.07) is 6.78. The van der Waals surface area contributed by atoms with Gasteiger partial charge < -0.3 is 5.32 Å². The van der Waals surface area contributed by atoms with Crippen LogP contribution in [0.2, 0.25) is 0 Å². The number of rotatable bonds is 6. The Kier molecular flexibility index (Phi) is 5.77. The summed E-state index contributed by atoms with van der Waals surface area (Å²) >= 11 is 0. The van der Waals surface area contributed by atoms with Gasteiger partial charge in [-0.1, -0.05) is 40.2 Å². The van der Waals surface area contributed by atoms with Gasteiger partial charge in [-0.3, -0.25) is 9.88 Å². The Hall–Kier alpha value is -0.930. The topological polar surface area (TPSA) is 28.2 Å². The number of hydrogen-bond donors (Lipinski definition) is 1. The van der Waals surface area contributed by atoms with E-state index in [1.54, 1.807) is 0 Å². The Balaban J connectivity index is 2.38. The standard InChI is InChI=1S/C18H31N3/c1-5-9-18(4,15(2)3)17(16-8-6-7-10-20-16)21-13-11-19-12-14-21/h6-8,10,15,17,19H,5,9,11-14H2,1-4H3. The third-order valence-corrected chi connectivity index (χ3v) is 5.22. The lowest BCUT2D eigenvalue weighted by Crippen LogP contribution is -2.50. The lowest BCUT2D eigenvalue weighted by atomic mass is 9.68. The molecule has 1 aliphatic heterocycles. The van der Waals surface area contributed by atoms with Gasteiger partial charge in [0.1, 0.15) is 0 Å². The SMILES string of the molecule is CCCC(C)(C(C)C)C(c1ccccn1)N1CCNCC1. The average molecular weight is 289 g/mol. The Morgan fingerprint density at radius 1 is 1.29 bits per heavy atom. The fraction of sp³-hybridized carbons (Fsp3) is 0.722. The van der Waals surface area contributed by atoms with E-state index in [0.29, 0.717) is 12.0 Å². The van der Waals surface area contributed by atoms with Crippen LogP contribution in [0.5, 0.6) is 0 Å². The summed E-state index contributed by atoms with van der Waals surface area (Å²) in [5.74, 6) is 0.638. The second-order valence-electron chi connectivity index (χ2n) is 6.85. The molecule has 3 heteroatoms. The Bertz CT molecular complexity index is 412. The van der Waals surface area contributed by atoms with E-state index in [1.807, 2.05) is 12.3 Å². The summed E-state index contributed by atoms with van der Waals surface area (Å²) < 4.78 is 0. The van der Waals surface area contributed by atoms with Crippen molar-refractivity contribution in [3.63, 3.8) is 0 Å². The number of nitrogens with one attached hydrogen (secondary N) is 1. The fourth-order valence-electron chi connectivity index (χ4n) is 3.70. The highest BCUT2D eigenvalue weighted by atomic mass is 15.2. The highest BCUT2D eigenvalue weighted by Crippen LogP contribution is 2.46. The van der Waals surface area contributed by atoms with Gasteiger partial charge in [-0.2, -0.15) is 0 Å². The highest BCUT2D eigenvalue weighted by molar-refractivity contribution is 5.14. The predicted octanol–water partition coefficient (Wildman–Crippen LogP) is 3.49. The van der Waals surface area contributed by atoms with Crippen LogP contribution in [0.3, 0.4) is 0 Å². The summed E-state index contributed by atoms with van der Waals surface area (Å²) in [6.45, 7) is 13.9. The molecule has 118 valence electrons. The van der Waals surface area contributed by atoms with Crippen molar-refractivity contribution in [1.82, 2.24) is 15.2 Å². The minimum absolute atomic E-state index is 0.264. The molecule has 1 aromatic rings. The van der Waals surface area contributed by atoms with Crippen LogP contribution in [0.1, 0.15) is 52.3 Å². The molecule has 2 heterocycles. The molecule has 0 spiro atoms. The lowest BCUT2D eigenvalue weighted by molar-refractivity contribution is 0.0189. The zero-order valence-corrected chi connectivity index (χ0v) is 14.1.